The second kappa shape index (κ2) is 11.7. The number of piperidine rings is 1. The number of nitrogens with zero attached hydrogens (tertiary/aromatic N) is 1. The van der Waals surface area contributed by atoms with Gasteiger partial charge in [0.15, 0.2) is 6.79 Å². The highest BCUT2D eigenvalue weighted by molar-refractivity contribution is 5.91. The van der Waals surface area contributed by atoms with Crippen LogP contribution in [0.25, 0.3) is 21.5 Å². The molecule has 0 spiro atoms. The molecule has 0 radical (unpaired) electrons. The zero-order chi connectivity index (χ0) is 25.6. The Hall–Kier alpha value is -3.57. The molecular weight excluding hydrogens is 462 g/mol. The Morgan fingerprint density at radius 2 is 1.38 bits per heavy atom. The van der Waals surface area contributed by atoms with Crippen molar-refractivity contribution in [1.29, 1.82) is 0 Å². The summed E-state index contributed by atoms with van der Waals surface area (Å²) in [6.45, 7) is 6.72. The maximum atomic E-state index is 11.7. The predicted octanol–water partition coefficient (Wildman–Crippen LogP) is 6.59. The standard InChI is InChI=1S/C32H35NO4/c1-3-35-22-37-32-15-13-26-9-5-7-11-28(26)30(32)20-29-27-10-6-4-8-25(27)12-14-31(29)36-21-24-16-18-33(19-17-24)23(2)34/h4-15,24H,3,16-22H2,1-2H3. The van der Waals surface area contributed by atoms with Crippen molar-refractivity contribution in [3.05, 3.63) is 83.9 Å². The molecule has 37 heavy (non-hydrogen) atoms. The van der Waals surface area contributed by atoms with Crippen molar-refractivity contribution in [3.8, 4) is 11.5 Å². The van der Waals surface area contributed by atoms with E-state index in [-0.39, 0.29) is 12.7 Å². The van der Waals surface area contributed by atoms with Gasteiger partial charge in [-0.1, -0.05) is 60.7 Å². The number of rotatable bonds is 9. The Balaban J connectivity index is 1.48. The van der Waals surface area contributed by atoms with Crippen molar-refractivity contribution in [1.82, 2.24) is 4.90 Å². The molecule has 1 aliphatic rings. The van der Waals surface area contributed by atoms with Crippen molar-refractivity contribution in [2.45, 2.75) is 33.1 Å². The lowest BCUT2D eigenvalue weighted by Crippen LogP contribution is -2.38. The monoisotopic (exact) mass is 497 g/mol. The first-order valence-electron chi connectivity index (χ1n) is 13.2. The number of hydrogen-bond acceptors (Lipinski definition) is 4. The van der Waals surface area contributed by atoms with E-state index in [2.05, 4.69) is 66.7 Å². The third-order valence-electron chi connectivity index (χ3n) is 7.39. The van der Waals surface area contributed by atoms with Crippen LogP contribution < -0.4 is 9.47 Å². The van der Waals surface area contributed by atoms with E-state index in [0.717, 1.165) is 48.6 Å². The molecule has 0 aromatic heterocycles. The summed E-state index contributed by atoms with van der Waals surface area (Å²) in [6.07, 6.45) is 2.63. The van der Waals surface area contributed by atoms with Crippen LogP contribution in [0.1, 0.15) is 37.8 Å². The van der Waals surface area contributed by atoms with Crippen LogP contribution in [-0.2, 0) is 16.0 Å². The Morgan fingerprint density at radius 3 is 1.95 bits per heavy atom. The Bertz CT molecular complexity index is 1370. The molecular formula is C32H35NO4. The molecule has 0 atom stereocenters. The Morgan fingerprint density at radius 1 is 0.811 bits per heavy atom. The van der Waals surface area contributed by atoms with Crippen LogP contribution in [-0.4, -0.2) is 43.9 Å². The molecule has 0 saturated carbocycles. The maximum absolute atomic E-state index is 11.7. The van der Waals surface area contributed by atoms with Crippen molar-refractivity contribution >= 4 is 27.5 Å². The minimum Gasteiger partial charge on any atom is -0.493 e. The van der Waals surface area contributed by atoms with E-state index in [4.69, 9.17) is 14.2 Å². The quantitative estimate of drug-likeness (QED) is 0.193. The van der Waals surface area contributed by atoms with Crippen LogP contribution in [0.4, 0.5) is 0 Å². The number of carbonyl (C=O) groups is 1. The largest absolute Gasteiger partial charge is 0.493 e. The van der Waals surface area contributed by atoms with Crippen molar-refractivity contribution in [3.63, 3.8) is 0 Å². The highest BCUT2D eigenvalue weighted by Gasteiger charge is 2.22. The average Bonchev–Trinajstić information content (AvgIpc) is 2.93. The first kappa shape index (κ1) is 25.1. The van der Waals surface area contributed by atoms with Crippen molar-refractivity contribution in [2.24, 2.45) is 5.92 Å². The van der Waals surface area contributed by atoms with Gasteiger partial charge in [0.1, 0.15) is 11.5 Å². The minimum atomic E-state index is 0.161. The molecule has 1 heterocycles. The van der Waals surface area contributed by atoms with Gasteiger partial charge in [-0.3, -0.25) is 4.79 Å². The fraction of sp³-hybridized carbons (Fsp3) is 0.344. The van der Waals surface area contributed by atoms with Gasteiger partial charge < -0.3 is 19.1 Å². The summed E-state index contributed by atoms with van der Waals surface area (Å²) >= 11 is 0. The molecule has 4 aromatic rings. The van der Waals surface area contributed by atoms with Gasteiger partial charge in [-0.15, -0.1) is 0 Å². The van der Waals surface area contributed by atoms with Gasteiger partial charge >= 0.3 is 0 Å². The Kier molecular flexibility index (Phi) is 7.90. The summed E-state index contributed by atoms with van der Waals surface area (Å²) in [5.74, 6) is 2.35. The Labute approximate surface area is 218 Å². The van der Waals surface area contributed by atoms with Crippen LogP contribution in [0.15, 0.2) is 72.8 Å². The van der Waals surface area contributed by atoms with E-state index in [1.54, 1.807) is 6.92 Å². The number of ether oxygens (including phenoxy) is 3. The molecule has 1 saturated heterocycles. The van der Waals surface area contributed by atoms with Crippen LogP contribution in [0.5, 0.6) is 11.5 Å². The normalized spacial score (nSPS) is 14.3. The van der Waals surface area contributed by atoms with E-state index in [9.17, 15) is 4.79 Å². The number of amides is 1. The van der Waals surface area contributed by atoms with Gasteiger partial charge in [0.25, 0.3) is 0 Å². The predicted molar refractivity (Wildman–Crippen MR) is 148 cm³/mol. The van der Waals surface area contributed by atoms with Gasteiger partial charge in [0.05, 0.1) is 6.61 Å². The lowest BCUT2D eigenvalue weighted by molar-refractivity contribution is -0.130. The molecule has 1 fully saturated rings. The molecule has 5 heteroatoms. The summed E-state index contributed by atoms with van der Waals surface area (Å²) in [6, 6.07) is 25.3. The lowest BCUT2D eigenvalue weighted by Gasteiger charge is -2.31. The van der Waals surface area contributed by atoms with E-state index >= 15 is 0 Å². The molecule has 0 unspecified atom stereocenters. The van der Waals surface area contributed by atoms with Crippen molar-refractivity contribution in [2.75, 3.05) is 33.1 Å². The van der Waals surface area contributed by atoms with Gasteiger partial charge in [0, 0.05) is 44.2 Å². The highest BCUT2D eigenvalue weighted by Crippen LogP contribution is 2.36. The highest BCUT2D eigenvalue weighted by atomic mass is 16.7. The number of hydrogen-bond donors (Lipinski definition) is 0. The van der Waals surface area contributed by atoms with E-state index in [1.165, 1.54) is 21.5 Å². The van der Waals surface area contributed by atoms with Crippen LogP contribution in [0.2, 0.25) is 0 Å². The molecule has 0 N–H and O–H groups in total. The number of likely N-dealkylation sites (tertiary alicyclic amines) is 1. The van der Waals surface area contributed by atoms with Crippen LogP contribution in [0.3, 0.4) is 0 Å². The molecule has 5 nitrogen and oxygen atoms in total. The number of benzene rings is 4. The smallest absolute Gasteiger partial charge is 0.219 e. The molecule has 0 bridgehead atoms. The summed E-state index contributed by atoms with van der Waals surface area (Å²) in [5, 5.41) is 4.74. The third kappa shape index (κ3) is 5.72. The first-order valence-corrected chi connectivity index (χ1v) is 13.2. The topological polar surface area (TPSA) is 48.0 Å². The SMILES string of the molecule is CCOCOc1ccc2ccccc2c1Cc1c(OCC2CCN(C(C)=O)CC2)ccc2ccccc12. The van der Waals surface area contributed by atoms with Crippen LogP contribution in [0, 0.1) is 5.92 Å². The summed E-state index contributed by atoms with van der Waals surface area (Å²) in [4.78, 5) is 13.6. The zero-order valence-electron chi connectivity index (χ0n) is 21.7. The van der Waals surface area contributed by atoms with E-state index in [1.807, 2.05) is 17.9 Å². The molecule has 0 aliphatic carbocycles. The fourth-order valence-corrected chi connectivity index (χ4v) is 5.25. The van der Waals surface area contributed by atoms with Gasteiger partial charge in [-0.05, 0) is 59.4 Å². The van der Waals surface area contributed by atoms with Crippen LogP contribution >= 0.6 is 0 Å². The minimum absolute atomic E-state index is 0.161. The van der Waals surface area contributed by atoms with E-state index in [0.29, 0.717) is 25.6 Å². The maximum Gasteiger partial charge on any atom is 0.219 e. The number of carbonyl (C=O) groups excluding carboxylic acids is 1. The molecule has 1 amide bonds. The van der Waals surface area contributed by atoms with Crippen molar-refractivity contribution < 1.29 is 19.0 Å². The molecule has 192 valence electrons. The fourth-order valence-electron chi connectivity index (χ4n) is 5.25. The molecule has 1 aliphatic heterocycles. The van der Waals surface area contributed by atoms with E-state index < -0.39 is 0 Å². The zero-order valence-corrected chi connectivity index (χ0v) is 21.7. The summed E-state index contributed by atoms with van der Waals surface area (Å²) < 4.78 is 18.1. The summed E-state index contributed by atoms with van der Waals surface area (Å²) in [7, 11) is 0. The first-order chi connectivity index (χ1) is 18.1. The third-order valence-corrected chi connectivity index (χ3v) is 7.39. The van der Waals surface area contributed by atoms with Gasteiger partial charge in [0.2, 0.25) is 5.91 Å². The van der Waals surface area contributed by atoms with Gasteiger partial charge in [-0.2, -0.15) is 0 Å². The summed E-state index contributed by atoms with van der Waals surface area (Å²) in [5.41, 5.74) is 2.30. The van der Waals surface area contributed by atoms with Gasteiger partial charge in [-0.25, -0.2) is 0 Å². The number of fused-ring (bicyclic) bond motifs is 2. The second-order valence-electron chi connectivity index (χ2n) is 9.72. The molecule has 5 rings (SSSR count). The molecule has 4 aromatic carbocycles. The average molecular weight is 498 g/mol. The second-order valence-corrected chi connectivity index (χ2v) is 9.72. The lowest BCUT2D eigenvalue weighted by atomic mass is 9.93.